The molecule has 138 valence electrons. The number of hydrogen-bond donors (Lipinski definition) is 2. The zero-order valence-electron chi connectivity index (χ0n) is 15.4. The maximum Gasteiger partial charge on any atom is 0.269 e. The van der Waals surface area contributed by atoms with Gasteiger partial charge in [0.2, 0.25) is 0 Å². The third-order valence-electron chi connectivity index (χ3n) is 3.90. The molecule has 1 aromatic carbocycles. The second kappa shape index (κ2) is 9.68. The number of rotatable bonds is 8. The van der Waals surface area contributed by atoms with Gasteiger partial charge in [-0.3, -0.25) is 14.6 Å². The van der Waals surface area contributed by atoms with Crippen LogP contribution in [0, 0.1) is 0 Å². The van der Waals surface area contributed by atoms with Crippen LogP contribution in [0.4, 0.5) is 5.69 Å². The highest BCUT2D eigenvalue weighted by Crippen LogP contribution is 2.24. The minimum atomic E-state index is -0.307. The van der Waals surface area contributed by atoms with Gasteiger partial charge in [-0.1, -0.05) is 32.0 Å². The van der Waals surface area contributed by atoms with E-state index in [2.05, 4.69) is 29.5 Å². The molecule has 1 heterocycles. The number of pyridine rings is 1. The molecule has 0 radical (unpaired) electrons. The van der Waals surface area contributed by atoms with Crippen molar-refractivity contribution in [2.75, 3.05) is 25.6 Å². The molecule has 2 N–H and O–H groups in total. The fraction of sp³-hybridized carbons (Fsp3) is 0.350. The molecule has 0 saturated heterocycles. The van der Waals surface area contributed by atoms with Gasteiger partial charge < -0.3 is 15.4 Å². The fourth-order valence-corrected chi connectivity index (χ4v) is 2.51. The Bertz CT molecular complexity index is 759. The lowest BCUT2D eigenvalue weighted by molar-refractivity contribution is 0.0943. The molecule has 2 aromatic rings. The number of nitrogens with zero attached hydrogens (tertiary/aromatic N) is 1. The number of carbonyl (C=O) groups is 2. The second-order valence-corrected chi connectivity index (χ2v) is 6.23. The Morgan fingerprint density at radius 2 is 1.92 bits per heavy atom. The van der Waals surface area contributed by atoms with Crippen LogP contribution in [0.25, 0.3) is 0 Å². The summed E-state index contributed by atoms with van der Waals surface area (Å²) in [5.41, 5.74) is 2.44. The van der Waals surface area contributed by atoms with Crippen LogP contribution >= 0.6 is 0 Å². The summed E-state index contributed by atoms with van der Waals surface area (Å²) in [5, 5.41) is 5.68. The molecule has 6 nitrogen and oxygen atoms in total. The van der Waals surface area contributed by atoms with Gasteiger partial charge in [0.1, 0.15) is 5.69 Å². The van der Waals surface area contributed by atoms with Crippen LogP contribution in [0.2, 0.25) is 0 Å². The lowest BCUT2D eigenvalue weighted by Gasteiger charge is -2.13. The van der Waals surface area contributed by atoms with Gasteiger partial charge in [-0.2, -0.15) is 0 Å². The SMILES string of the molecule is COCCCNC(=O)c1cc(C(=O)Nc2ccccc2C(C)C)ccn1. The first-order valence-corrected chi connectivity index (χ1v) is 8.66. The molecule has 0 atom stereocenters. The summed E-state index contributed by atoms with van der Waals surface area (Å²) in [6.07, 6.45) is 2.18. The highest BCUT2D eigenvalue weighted by molar-refractivity contribution is 6.06. The normalized spacial score (nSPS) is 10.6. The first-order valence-electron chi connectivity index (χ1n) is 8.66. The van der Waals surface area contributed by atoms with Crippen molar-refractivity contribution in [3.8, 4) is 0 Å². The van der Waals surface area contributed by atoms with Crippen LogP contribution in [-0.4, -0.2) is 37.1 Å². The Kier molecular flexibility index (Phi) is 7.29. The average molecular weight is 355 g/mol. The minimum absolute atomic E-state index is 0.215. The van der Waals surface area contributed by atoms with Crippen molar-refractivity contribution in [3.05, 3.63) is 59.4 Å². The lowest BCUT2D eigenvalue weighted by atomic mass is 10.0. The van der Waals surface area contributed by atoms with Gasteiger partial charge in [-0.05, 0) is 36.1 Å². The third-order valence-corrected chi connectivity index (χ3v) is 3.90. The Hall–Kier alpha value is -2.73. The van der Waals surface area contributed by atoms with E-state index in [4.69, 9.17) is 4.74 Å². The number of benzene rings is 1. The van der Waals surface area contributed by atoms with Crippen molar-refractivity contribution in [2.24, 2.45) is 0 Å². The predicted octanol–water partition coefficient (Wildman–Crippen LogP) is 3.22. The van der Waals surface area contributed by atoms with E-state index in [0.29, 0.717) is 25.1 Å². The molecular weight excluding hydrogens is 330 g/mol. The molecule has 0 fully saturated rings. The second-order valence-electron chi connectivity index (χ2n) is 6.23. The summed E-state index contributed by atoms with van der Waals surface area (Å²) >= 11 is 0. The number of aromatic nitrogens is 1. The van der Waals surface area contributed by atoms with Crippen molar-refractivity contribution in [1.29, 1.82) is 0 Å². The van der Waals surface area contributed by atoms with Crippen LogP contribution in [-0.2, 0) is 4.74 Å². The van der Waals surface area contributed by atoms with E-state index in [1.807, 2.05) is 24.3 Å². The van der Waals surface area contributed by atoms with Gasteiger partial charge in [0, 0.05) is 37.7 Å². The fourth-order valence-electron chi connectivity index (χ4n) is 2.51. The molecule has 6 heteroatoms. The van der Waals surface area contributed by atoms with Gasteiger partial charge in [-0.15, -0.1) is 0 Å². The predicted molar refractivity (Wildman–Crippen MR) is 102 cm³/mol. The van der Waals surface area contributed by atoms with Crippen LogP contribution in [0.3, 0.4) is 0 Å². The van der Waals surface area contributed by atoms with Gasteiger partial charge in [0.25, 0.3) is 11.8 Å². The first-order chi connectivity index (χ1) is 12.5. The van der Waals surface area contributed by atoms with Crippen molar-refractivity contribution in [2.45, 2.75) is 26.2 Å². The Balaban J connectivity index is 2.07. The van der Waals surface area contributed by atoms with Crippen LogP contribution in [0.1, 0.15) is 52.6 Å². The molecule has 0 unspecified atom stereocenters. The molecule has 0 bridgehead atoms. The summed E-state index contributed by atoms with van der Waals surface area (Å²) in [6.45, 7) is 5.21. The van der Waals surface area contributed by atoms with Crippen LogP contribution in [0.15, 0.2) is 42.6 Å². The van der Waals surface area contributed by atoms with Gasteiger partial charge in [0.15, 0.2) is 0 Å². The van der Waals surface area contributed by atoms with Crippen molar-refractivity contribution >= 4 is 17.5 Å². The molecule has 0 spiro atoms. The van der Waals surface area contributed by atoms with E-state index in [1.165, 1.54) is 12.3 Å². The van der Waals surface area contributed by atoms with E-state index in [-0.39, 0.29) is 23.4 Å². The number of hydrogen-bond acceptors (Lipinski definition) is 4. The quantitative estimate of drug-likeness (QED) is 0.713. The molecule has 0 aliphatic rings. The van der Waals surface area contributed by atoms with Gasteiger partial charge in [-0.25, -0.2) is 0 Å². The maximum atomic E-state index is 12.6. The monoisotopic (exact) mass is 355 g/mol. The van der Waals surface area contributed by atoms with E-state index in [0.717, 1.165) is 11.3 Å². The van der Waals surface area contributed by atoms with Crippen molar-refractivity contribution in [3.63, 3.8) is 0 Å². The zero-order chi connectivity index (χ0) is 18.9. The maximum absolute atomic E-state index is 12.6. The zero-order valence-corrected chi connectivity index (χ0v) is 15.4. The molecule has 2 rings (SSSR count). The van der Waals surface area contributed by atoms with E-state index in [1.54, 1.807) is 13.2 Å². The number of anilines is 1. The van der Waals surface area contributed by atoms with E-state index >= 15 is 0 Å². The number of nitrogens with one attached hydrogen (secondary N) is 2. The van der Waals surface area contributed by atoms with Crippen LogP contribution in [0.5, 0.6) is 0 Å². The minimum Gasteiger partial charge on any atom is -0.385 e. The molecule has 0 aliphatic carbocycles. The molecule has 2 amide bonds. The molecule has 0 saturated carbocycles. The van der Waals surface area contributed by atoms with Crippen molar-refractivity contribution < 1.29 is 14.3 Å². The number of carbonyl (C=O) groups excluding carboxylic acids is 2. The standard InChI is InChI=1S/C20H25N3O3/c1-14(2)16-7-4-5-8-17(16)23-19(24)15-9-11-21-18(13-15)20(25)22-10-6-12-26-3/h4-5,7-9,11,13-14H,6,10,12H2,1-3H3,(H,22,25)(H,23,24). The Morgan fingerprint density at radius 3 is 2.65 bits per heavy atom. The van der Waals surface area contributed by atoms with Gasteiger partial charge >= 0.3 is 0 Å². The summed E-state index contributed by atoms with van der Waals surface area (Å²) in [7, 11) is 1.61. The number of amides is 2. The number of methoxy groups -OCH3 is 1. The van der Waals surface area contributed by atoms with Crippen LogP contribution < -0.4 is 10.6 Å². The first kappa shape index (κ1) is 19.6. The largest absolute Gasteiger partial charge is 0.385 e. The van der Waals surface area contributed by atoms with Gasteiger partial charge in [0.05, 0.1) is 0 Å². The number of ether oxygens (including phenoxy) is 1. The number of para-hydroxylation sites is 1. The Labute approximate surface area is 154 Å². The van der Waals surface area contributed by atoms with Crippen molar-refractivity contribution in [1.82, 2.24) is 10.3 Å². The molecule has 26 heavy (non-hydrogen) atoms. The molecule has 1 aromatic heterocycles. The summed E-state index contributed by atoms with van der Waals surface area (Å²) in [5.74, 6) is -0.287. The third kappa shape index (κ3) is 5.39. The average Bonchev–Trinajstić information content (AvgIpc) is 2.65. The molecule has 0 aliphatic heterocycles. The summed E-state index contributed by atoms with van der Waals surface area (Å²) < 4.78 is 4.94. The highest BCUT2D eigenvalue weighted by Gasteiger charge is 2.14. The van der Waals surface area contributed by atoms with E-state index < -0.39 is 0 Å². The summed E-state index contributed by atoms with van der Waals surface area (Å²) in [6, 6.07) is 10.8. The summed E-state index contributed by atoms with van der Waals surface area (Å²) in [4.78, 5) is 28.8. The topological polar surface area (TPSA) is 80.3 Å². The highest BCUT2D eigenvalue weighted by atomic mass is 16.5. The lowest BCUT2D eigenvalue weighted by Crippen LogP contribution is -2.26. The Morgan fingerprint density at radius 1 is 1.15 bits per heavy atom. The molecular formula is C20H25N3O3. The van der Waals surface area contributed by atoms with E-state index in [9.17, 15) is 9.59 Å². The smallest absolute Gasteiger partial charge is 0.269 e.